The second-order valence-electron chi connectivity index (χ2n) is 6.30. The molecule has 3 heterocycles. The van der Waals surface area contributed by atoms with E-state index < -0.39 is 0 Å². The summed E-state index contributed by atoms with van der Waals surface area (Å²) in [6, 6.07) is 11.4. The molecular weight excluding hydrogens is 394 g/mol. The van der Waals surface area contributed by atoms with Crippen LogP contribution in [0.1, 0.15) is 23.2 Å². The number of ether oxygens (including phenoxy) is 1. The van der Waals surface area contributed by atoms with Crippen molar-refractivity contribution in [1.82, 2.24) is 15.3 Å². The lowest BCUT2D eigenvalue weighted by molar-refractivity contribution is 0.0859. The SMILES string of the molecule is O=C(NC[C@H]1CCCO1)c1cc(-c2cccnc2)nc2ccc(Br)cc12. The number of hydrogen-bond acceptors (Lipinski definition) is 4. The molecule has 1 saturated heterocycles. The maximum atomic E-state index is 12.9. The first-order valence-corrected chi connectivity index (χ1v) is 9.40. The third-order valence-electron chi connectivity index (χ3n) is 4.49. The first kappa shape index (κ1) is 17.1. The molecule has 1 aromatic carbocycles. The second kappa shape index (κ2) is 7.51. The van der Waals surface area contributed by atoms with Crippen LogP contribution in [0.4, 0.5) is 0 Å². The van der Waals surface area contributed by atoms with Gasteiger partial charge in [-0.2, -0.15) is 0 Å². The molecule has 1 fully saturated rings. The number of benzene rings is 1. The van der Waals surface area contributed by atoms with Gasteiger partial charge >= 0.3 is 0 Å². The summed E-state index contributed by atoms with van der Waals surface area (Å²) in [5.74, 6) is -0.115. The molecule has 5 nitrogen and oxygen atoms in total. The lowest BCUT2D eigenvalue weighted by Gasteiger charge is -2.13. The Morgan fingerprint density at radius 3 is 3.00 bits per heavy atom. The zero-order valence-corrected chi connectivity index (χ0v) is 15.7. The van der Waals surface area contributed by atoms with Gasteiger partial charge < -0.3 is 10.1 Å². The zero-order chi connectivity index (χ0) is 17.9. The number of halogens is 1. The van der Waals surface area contributed by atoms with Gasteiger partial charge in [0.2, 0.25) is 0 Å². The molecule has 1 N–H and O–H groups in total. The minimum atomic E-state index is -0.115. The second-order valence-corrected chi connectivity index (χ2v) is 7.22. The largest absolute Gasteiger partial charge is 0.376 e. The molecular formula is C20H18BrN3O2. The van der Waals surface area contributed by atoms with Crippen molar-refractivity contribution in [3.05, 3.63) is 58.8 Å². The van der Waals surface area contributed by atoms with Gasteiger partial charge in [0.15, 0.2) is 0 Å². The summed E-state index contributed by atoms with van der Waals surface area (Å²) in [7, 11) is 0. The Labute approximate surface area is 159 Å². The Bertz CT molecular complexity index is 940. The summed E-state index contributed by atoms with van der Waals surface area (Å²) in [6.07, 6.45) is 5.62. The molecule has 0 unspecified atom stereocenters. The average molecular weight is 412 g/mol. The Balaban J connectivity index is 1.72. The Morgan fingerprint density at radius 2 is 2.23 bits per heavy atom. The summed E-state index contributed by atoms with van der Waals surface area (Å²) in [6.45, 7) is 1.30. The van der Waals surface area contributed by atoms with Crippen LogP contribution in [0.5, 0.6) is 0 Å². The van der Waals surface area contributed by atoms with Crippen molar-refractivity contribution in [2.45, 2.75) is 18.9 Å². The Morgan fingerprint density at radius 1 is 1.31 bits per heavy atom. The van der Waals surface area contributed by atoms with Gasteiger partial charge in [0, 0.05) is 41.0 Å². The van der Waals surface area contributed by atoms with Crippen LogP contribution in [0, 0.1) is 0 Å². The van der Waals surface area contributed by atoms with Crippen LogP contribution in [-0.2, 0) is 4.74 Å². The van der Waals surface area contributed by atoms with E-state index in [1.54, 1.807) is 12.4 Å². The van der Waals surface area contributed by atoms with Gasteiger partial charge in [-0.25, -0.2) is 4.98 Å². The van der Waals surface area contributed by atoms with Crippen LogP contribution >= 0.6 is 15.9 Å². The molecule has 1 amide bonds. The number of fused-ring (bicyclic) bond motifs is 1. The third-order valence-corrected chi connectivity index (χ3v) is 4.98. The maximum Gasteiger partial charge on any atom is 0.252 e. The lowest BCUT2D eigenvalue weighted by atomic mass is 10.0. The van der Waals surface area contributed by atoms with Crippen LogP contribution in [0.15, 0.2) is 53.3 Å². The van der Waals surface area contributed by atoms with Gasteiger partial charge in [0.05, 0.1) is 22.9 Å². The molecule has 0 spiro atoms. The van der Waals surface area contributed by atoms with E-state index in [0.717, 1.165) is 46.1 Å². The monoisotopic (exact) mass is 411 g/mol. The molecule has 0 saturated carbocycles. The number of rotatable bonds is 4. The van der Waals surface area contributed by atoms with Crippen LogP contribution in [0.25, 0.3) is 22.2 Å². The van der Waals surface area contributed by atoms with Gasteiger partial charge in [-0.15, -0.1) is 0 Å². The number of aromatic nitrogens is 2. The molecule has 2 aromatic heterocycles. The van der Waals surface area contributed by atoms with E-state index in [0.29, 0.717) is 12.1 Å². The zero-order valence-electron chi connectivity index (χ0n) is 14.1. The van der Waals surface area contributed by atoms with Crippen molar-refractivity contribution in [1.29, 1.82) is 0 Å². The van der Waals surface area contributed by atoms with Crippen molar-refractivity contribution in [2.75, 3.05) is 13.2 Å². The van der Waals surface area contributed by atoms with Crippen LogP contribution in [0.3, 0.4) is 0 Å². The first-order chi connectivity index (χ1) is 12.7. The number of carbonyl (C=O) groups excluding carboxylic acids is 1. The van der Waals surface area contributed by atoms with Crippen LogP contribution < -0.4 is 5.32 Å². The summed E-state index contributed by atoms with van der Waals surface area (Å²) in [5, 5.41) is 3.83. The van der Waals surface area contributed by atoms with Gasteiger partial charge in [-0.3, -0.25) is 9.78 Å². The molecule has 132 valence electrons. The minimum Gasteiger partial charge on any atom is -0.376 e. The van der Waals surface area contributed by atoms with Gasteiger partial charge in [0.1, 0.15) is 0 Å². The highest BCUT2D eigenvalue weighted by Gasteiger charge is 2.19. The van der Waals surface area contributed by atoms with Crippen molar-refractivity contribution in [3.8, 4) is 11.3 Å². The third kappa shape index (κ3) is 3.61. The Kier molecular flexibility index (Phi) is 4.95. The molecule has 6 heteroatoms. The van der Waals surface area contributed by atoms with Crippen LogP contribution in [-0.4, -0.2) is 35.1 Å². The molecule has 26 heavy (non-hydrogen) atoms. The van der Waals surface area contributed by atoms with Crippen molar-refractivity contribution < 1.29 is 9.53 Å². The minimum absolute atomic E-state index is 0.108. The van der Waals surface area contributed by atoms with E-state index in [1.165, 1.54) is 0 Å². The highest BCUT2D eigenvalue weighted by molar-refractivity contribution is 9.10. The van der Waals surface area contributed by atoms with E-state index in [1.807, 2.05) is 36.4 Å². The molecule has 3 aromatic rings. The number of nitrogens with zero attached hydrogens (tertiary/aromatic N) is 2. The molecule has 0 aliphatic carbocycles. The lowest BCUT2D eigenvalue weighted by Crippen LogP contribution is -2.32. The van der Waals surface area contributed by atoms with E-state index in [-0.39, 0.29) is 12.0 Å². The van der Waals surface area contributed by atoms with E-state index in [4.69, 9.17) is 9.72 Å². The average Bonchev–Trinajstić information content (AvgIpc) is 3.19. The van der Waals surface area contributed by atoms with E-state index in [9.17, 15) is 4.79 Å². The van der Waals surface area contributed by atoms with Crippen molar-refractivity contribution >= 4 is 32.7 Å². The molecule has 1 atom stereocenters. The van der Waals surface area contributed by atoms with Gasteiger partial charge in [0.25, 0.3) is 5.91 Å². The summed E-state index contributed by atoms with van der Waals surface area (Å²) in [4.78, 5) is 21.7. The fourth-order valence-electron chi connectivity index (χ4n) is 3.16. The number of carbonyl (C=O) groups is 1. The quantitative estimate of drug-likeness (QED) is 0.705. The molecule has 1 aliphatic heterocycles. The maximum absolute atomic E-state index is 12.9. The van der Waals surface area contributed by atoms with Crippen molar-refractivity contribution in [3.63, 3.8) is 0 Å². The van der Waals surface area contributed by atoms with Crippen molar-refractivity contribution in [2.24, 2.45) is 0 Å². The highest BCUT2D eigenvalue weighted by Crippen LogP contribution is 2.27. The predicted molar refractivity (Wildman–Crippen MR) is 104 cm³/mol. The normalized spacial score (nSPS) is 16.7. The smallest absolute Gasteiger partial charge is 0.252 e. The number of amides is 1. The fraction of sp³-hybridized carbons (Fsp3) is 0.250. The topological polar surface area (TPSA) is 64.1 Å². The highest BCUT2D eigenvalue weighted by atomic mass is 79.9. The number of hydrogen-bond donors (Lipinski definition) is 1. The number of nitrogens with one attached hydrogen (secondary N) is 1. The van der Waals surface area contributed by atoms with E-state index >= 15 is 0 Å². The predicted octanol–water partition coefficient (Wildman–Crippen LogP) is 3.97. The molecule has 0 bridgehead atoms. The molecule has 0 radical (unpaired) electrons. The van der Waals surface area contributed by atoms with Crippen LogP contribution in [0.2, 0.25) is 0 Å². The first-order valence-electron chi connectivity index (χ1n) is 8.61. The van der Waals surface area contributed by atoms with Gasteiger partial charge in [-0.05, 0) is 49.2 Å². The van der Waals surface area contributed by atoms with E-state index in [2.05, 4.69) is 26.2 Å². The Hall–Kier alpha value is -2.31. The summed E-state index contributed by atoms with van der Waals surface area (Å²) in [5.41, 5.74) is 2.99. The molecule has 4 rings (SSSR count). The standard InChI is InChI=1S/C20H18BrN3O2/c21-14-5-6-18-16(9-14)17(20(25)23-12-15-4-2-8-26-15)10-19(24-18)13-3-1-7-22-11-13/h1,3,5-7,9-11,15H,2,4,8,12H2,(H,23,25)/t15-/m1/s1. The number of pyridine rings is 2. The van der Waals surface area contributed by atoms with Gasteiger partial charge in [-0.1, -0.05) is 15.9 Å². The molecule has 1 aliphatic rings. The summed E-state index contributed by atoms with van der Waals surface area (Å²) < 4.78 is 6.51. The summed E-state index contributed by atoms with van der Waals surface area (Å²) >= 11 is 3.48. The fourth-order valence-corrected chi connectivity index (χ4v) is 3.52.